The van der Waals surface area contributed by atoms with Gasteiger partial charge in [0.2, 0.25) is 0 Å². The fraction of sp³-hybridized carbons (Fsp3) is 0.261. The van der Waals surface area contributed by atoms with Crippen molar-refractivity contribution in [3.8, 4) is 0 Å². The number of carbonyl (C=O) groups excluding carboxylic acids is 1. The van der Waals surface area contributed by atoms with Crippen molar-refractivity contribution < 1.29 is 4.79 Å². The van der Waals surface area contributed by atoms with Crippen molar-refractivity contribution in [2.24, 2.45) is 4.99 Å². The van der Waals surface area contributed by atoms with E-state index in [1.54, 1.807) is 30.5 Å². The topological polar surface area (TPSA) is 83.3 Å². The summed E-state index contributed by atoms with van der Waals surface area (Å²) in [4.78, 5) is 16.9. The number of aromatic nitrogens is 2. The summed E-state index contributed by atoms with van der Waals surface area (Å²) in [6.45, 7) is 4.99. The highest BCUT2D eigenvalue weighted by Crippen LogP contribution is 2.14. The predicted molar refractivity (Wildman–Crippen MR) is 140 cm³/mol. The first kappa shape index (κ1) is 25.7. The van der Waals surface area contributed by atoms with Gasteiger partial charge in [0, 0.05) is 32.0 Å². The highest BCUT2D eigenvalue weighted by Gasteiger charge is 2.08. The van der Waals surface area contributed by atoms with Crippen molar-refractivity contribution in [2.75, 3.05) is 19.6 Å². The number of rotatable bonds is 9. The summed E-state index contributed by atoms with van der Waals surface area (Å²) in [5, 5.41) is 14.1. The first-order chi connectivity index (χ1) is 15.2. The molecule has 1 aromatic heterocycles. The summed E-state index contributed by atoms with van der Waals surface area (Å²) in [7, 11) is 0. The van der Waals surface area contributed by atoms with Gasteiger partial charge in [0.1, 0.15) is 0 Å². The number of nitrogens with zero attached hydrogens (tertiary/aromatic N) is 3. The van der Waals surface area contributed by atoms with E-state index in [2.05, 4.69) is 33.2 Å². The van der Waals surface area contributed by atoms with Crippen molar-refractivity contribution >= 4 is 47.4 Å². The smallest absolute Gasteiger partial charge is 0.252 e. The lowest BCUT2D eigenvalue weighted by molar-refractivity contribution is 0.0954. The highest BCUT2D eigenvalue weighted by molar-refractivity contribution is 14.0. The van der Waals surface area contributed by atoms with Gasteiger partial charge in [-0.15, -0.1) is 24.0 Å². The molecule has 0 bridgehead atoms. The number of hydrogen-bond acceptors (Lipinski definition) is 3. The molecule has 1 heterocycles. The lowest BCUT2D eigenvalue weighted by Gasteiger charge is -2.13. The Morgan fingerprint density at radius 1 is 1.00 bits per heavy atom. The van der Waals surface area contributed by atoms with Crippen LogP contribution in [-0.2, 0) is 13.1 Å². The van der Waals surface area contributed by atoms with Crippen LogP contribution in [0.1, 0.15) is 28.4 Å². The summed E-state index contributed by atoms with van der Waals surface area (Å²) >= 11 is 6.07. The van der Waals surface area contributed by atoms with Gasteiger partial charge >= 0.3 is 0 Å². The Bertz CT molecular complexity index is 1010. The Morgan fingerprint density at radius 2 is 1.72 bits per heavy atom. The lowest BCUT2D eigenvalue weighted by atomic mass is 10.1. The van der Waals surface area contributed by atoms with Gasteiger partial charge in [-0.3, -0.25) is 9.48 Å². The van der Waals surface area contributed by atoms with Crippen LogP contribution in [0.4, 0.5) is 0 Å². The minimum Gasteiger partial charge on any atom is -0.357 e. The maximum atomic E-state index is 12.2. The SMILES string of the molecule is CCNC(=NCc1ccccc1Cn1cccn1)NCCNC(=O)c1ccccc1Cl.I. The van der Waals surface area contributed by atoms with Crippen LogP contribution in [0.3, 0.4) is 0 Å². The van der Waals surface area contributed by atoms with Crippen molar-refractivity contribution in [1.82, 2.24) is 25.7 Å². The maximum absolute atomic E-state index is 12.2. The molecule has 0 aliphatic rings. The highest BCUT2D eigenvalue weighted by atomic mass is 127. The van der Waals surface area contributed by atoms with Crippen LogP contribution in [0, 0.1) is 0 Å². The van der Waals surface area contributed by atoms with E-state index in [1.165, 1.54) is 5.56 Å². The first-order valence-corrected chi connectivity index (χ1v) is 10.6. The molecule has 170 valence electrons. The third-order valence-corrected chi connectivity index (χ3v) is 4.91. The molecule has 32 heavy (non-hydrogen) atoms. The van der Waals surface area contributed by atoms with E-state index in [4.69, 9.17) is 16.6 Å². The molecule has 0 fully saturated rings. The number of benzene rings is 2. The van der Waals surface area contributed by atoms with Gasteiger partial charge in [0.15, 0.2) is 5.96 Å². The van der Waals surface area contributed by atoms with E-state index in [-0.39, 0.29) is 29.9 Å². The fourth-order valence-corrected chi connectivity index (χ4v) is 3.26. The Labute approximate surface area is 210 Å². The standard InChI is InChI=1S/C23H27ClN6O.HI/c1-2-25-23(27-14-13-26-22(31)20-10-5-6-11-21(20)24)28-16-18-8-3-4-9-19(18)17-30-15-7-12-29-30;/h3-12,15H,2,13-14,16-17H2,1H3,(H,26,31)(H2,25,27,28);1H. The summed E-state index contributed by atoms with van der Waals surface area (Å²) in [6.07, 6.45) is 3.72. The molecule has 0 saturated heterocycles. The summed E-state index contributed by atoms with van der Waals surface area (Å²) < 4.78 is 1.90. The van der Waals surface area contributed by atoms with Gasteiger partial charge in [-0.2, -0.15) is 5.10 Å². The zero-order valence-corrected chi connectivity index (χ0v) is 21.0. The Balaban J connectivity index is 0.00000363. The summed E-state index contributed by atoms with van der Waals surface area (Å²) in [5.41, 5.74) is 2.79. The second-order valence-corrected chi connectivity index (χ2v) is 7.24. The number of guanidine groups is 1. The second kappa shape index (κ2) is 13.7. The number of amides is 1. The average Bonchev–Trinajstić information content (AvgIpc) is 3.29. The van der Waals surface area contributed by atoms with Gasteiger partial charge in [0.25, 0.3) is 5.91 Å². The van der Waals surface area contributed by atoms with E-state index >= 15 is 0 Å². The molecule has 0 unspecified atom stereocenters. The third kappa shape index (κ3) is 7.83. The minimum absolute atomic E-state index is 0. The molecule has 1 amide bonds. The number of halogens is 2. The van der Waals surface area contributed by atoms with Gasteiger partial charge < -0.3 is 16.0 Å². The number of nitrogens with one attached hydrogen (secondary N) is 3. The monoisotopic (exact) mass is 566 g/mol. The normalized spacial score (nSPS) is 10.9. The molecule has 7 nitrogen and oxygen atoms in total. The lowest BCUT2D eigenvalue weighted by Crippen LogP contribution is -2.41. The van der Waals surface area contributed by atoms with E-state index in [9.17, 15) is 4.79 Å². The van der Waals surface area contributed by atoms with Crippen molar-refractivity contribution in [3.63, 3.8) is 0 Å². The van der Waals surface area contributed by atoms with E-state index in [0.29, 0.717) is 42.7 Å². The van der Waals surface area contributed by atoms with Gasteiger partial charge in [0.05, 0.1) is 23.7 Å². The molecule has 0 spiro atoms. The molecule has 0 aliphatic carbocycles. The van der Waals surface area contributed by atoms with Gasteiger partial charge in [-0.1, -0.05) is 48.0 Å². The predicted octanol–water partition coefficient (Wildman–Crippen LogP) is 3.69. The van der Waals surface area contributed by atoms with E-state index in [1.807, 2.05) is 36.0 Å². The summed E-state index contributed by atoms with van der Waals surface area (Å²) in [5.74, 6) is 0.505. The van der Waals surface area contributed by atoms with Crippen LogP contribution in [-0.4, -0.2) is 41.3 Å². The average molecular weight is 567 g/mol. The molecule has 0 atom stereocenters. The molecule has 0 aliphatic heterocycles. The van der Waals surface area contributed by atoms with Crippen LogP contribution in [0.2, 0.25) is 5.02 Å². The first-order valence-electron chi connectivity index (χ1n) is 10.3. The number of carbonyl (C=O) groups is 1. The molecular weight excluding hydrogens is 539 g/mol. The molecule has 0 radical (unpaired) electrons. The van der Waals surface area contributed by atoms with Gasteiger partial charge in [-0.25, -0.2) is 4.99 Å². The molecular formula is C23H28ClIN6O. The van der Waals surface area contributed by atoms with Crippen molar-refractivity contribution in [3.05, 3.63) is 88.7 Å². The Hall–Kier alpha value is -2.59. The van der Waals surface area contributed by atoms with E-state index in [0.717, 1.165) is 12.1 Å². The van der Waals surface area contributed by atoms with Crippen LogP contribution in [0.5, 0.6) is 0 Å². The van der Waals surface area contributed by atoms with Crippen LogP contribution in [0.15, 0.2) is 72.0 Å². The largest absolute Gasteiger partial charge is 0.357 e. The Morgan fingerprint density at radius 3 is 2.44 bits per heavy atom. The molecule has 2 aromatic carbocycles. The van der Waals surface area contributed by atoms with E-state index < -0.39 is 0 Å². The van der Waals surface area contributed by atoms with Crippen LogP contribution in [0.25, 0.3) is 0 Å². The minimum atomic E-state index is -0.193. The number of aliphatic imine (C=N–C) groups is 1. The van der Waals surface area contributed by atoms with Gasteiger partial charge in [-0.05, 0) is 36.2 Å². The molecule has 3 N–H and O–H groups in total. The molecule has 9 heteroatoms. The van der Waals surface area contributed by atoms with Crippen molar-refractivity contribution in [2.45, 2.75) is 20.0 Å². The molecule has 0 saturated carbocycles. The quantitative estimate of drug-likeness (QED) is 0.160. The summed E-state index contributed by atoms with van der Waals surface area (Å²) in [6, 6.07) is 17.1. The molecule has 3 aromatic rings. The number of hydrogen-bond donors (Lipinski definition) is 3. The maximum Gasteiger partial charge on any atom is 0.252 e. The molecule has 3 rings (SSSR count). The Kier molecular flexibility index (Phi) is 11.0. The zero-order valence-electron chi connectivity index (χ0n) is 17.9. The third-order valence-electron chi connectivity index (χ3n) is 4.58. The fourth-order valence-electron chi connectivity index (χ4n) is 3.04. The second-order valence-electron chi connectivity index (χ2n) is 6.83. The zero-order chi connectivity index (χ0) is 21.9. The van der Waals surface area contributed by atoms with Crippen LogP contribution < -0.4 is 16.0 Å². The van der Waals surface area contributed by atoms with Crippen molar-refractivity contribution in [1.29, 1.82) is 0 Å². The van der Waals surface area contributed by atoms with Crippen LogP contribution >= 0.6 is 35.6 Å².